The molecule has 0 aliphatic carbocycles. The number of nitrogens with zero attached hydrogens (tertiary/aromatic N) is 6. The largest absolute Gasteiger partial charge is 0.364 e. The number of thiazole rings is 1. The molecule has 2 N–H and O–H groups in total. The van der Waals surface area contributed by atoms with Crippen molar-refractivity contribution < 1.29 is 4.92 Å². The fourth-order valence-electron chi connectivity index (χ4n) is 2.69. The minimum absolute atomic E-state index is 0.108. The van der Waals surface area contributed by atoms with E-state index in [4.69, 9.17) is 0 Å². The summed E-state index contributed by atoms with van der Waals surface area (Å²) >= 11 is 1.40. The van der Waals surface area contributed by atoms with Gasteiger partial charge < -0.3 is 15.2 Å². The van der Waals surface area contributed by atoms with Gasteiger partial charge in [-0.15, -0.1) is 0 Å². The molecule has 0 aliphatic rings. The number of nitrogens with one attached hydrogen (secondary N) is 2. The molecular weight excluding hydrogens is 380 g/mol. The van der Waals surface area contributed by atoms with E-state index in [1.807, 2.05) is 35.0 Å². The maximum Gasteiger partial charge on any atom is 0.353 e. The molecule has 10 nitrogen and oxygen atoms in total. The lowest BCUT2D eigenvalue weighted by atomic mass is 10.3. The van der Waals surface area contributed by atoms with Gasteiger partial charge in [-0.05, 0) is 18.6 Å². The molecule has 0 atom stereocenters. The van der Waals surface area contributed by atoms with Crippen LogP contribution < -0.4 is 10.6 Å². The molecule has 3 heterocycles. The van der Waals surface area contributed by atoms with Gasteiger partial charge in [-0.3, -0.25) is 10.1 Å². The van der Waals surface area contributed by atoms with Crippen molar-refractivity contribution in [3.8, 4) is 0 Å². The van der Waals surface area contributed by atoms with Crippen molar-refractivity contribution in [1.82, 2.24) is 24.5 Å². The number of nitro groups is 1. The quantitative estimate of drug-likeness (QED) is 0.264. The Morgan fingerprint density at radius 2 is 2.07 bits per heavy atom. The molecule has 3 aromatic heterocycles. The Hall–Kier alpha value is -3.60. The second kappa shape index (κ2) is 7.96. The Balaban J connectivity index is 1.50. The highest BCUT2D eigenvalue weighted by Crippen LogP contribution is 2.33. The summed E-state index contributed by atoms with van der Waals surface area (Å²) in [5, 5.41) is 18.2. The highest BCUT2D eigenvalue weighted by Gasteiger charge is 2.23. The number of fused-ring (bicyclic) bond motifs is 1. The normalized spacial score (nSPS) is 10.9. The smallest absolute Gasteiger partial charge is 0.353 e. The molecular formula is C17H16N8O2S. The number of benzene rings is 1. The highest BCUT2D eigenvalue weighted by atomic mass is 32.1. The van der Waals surface area contributed by atoms with Crippen LogP contribution in [0.1, 0.15) is 6.42 Å². The highest BCUT2D eigenvalue weighted by molar-refractivity contribution is 7.22. The van der Waals surface area contributed by atoms with E-state index in [-0.39, 0.29) is 17.3 Å². The van der Waals surface area contributed by atoms with Crippen LogP contribution in [0.25, 0.3) is 10.2 Å². The molecule has 0 radical (unpaired) electrons. The number of rotatable bonds is 8. The third-order valence-electron chi connectivity index (χ3n) is 3.97. The van der Waals surface area contributed by atoms with Gasteiger partial charge in [0.1, 0.15) is 6.33 Å². The molecule has 0 fully saturated rings. The lowest BCUT2D eigenvalue weighted by Gasteiger charge is -2.09. The van der Waals surface area contributed by atoms with Gasteiger partial charge in [0.15, 0.2) is 5.13 Å². The van der Waals surface area contributed by atoms with Crippen molar-refractivity contribution in [3.05, 3.63) is 59.4 Å². The number of aromatic nitrogens is 5. The third kappa shape index (κ3) is 3.88. The second-order valence-electron chi connectivity index (χ2n) is 5.87. The SMILES string of the molecule is O=[N+]([O-])c1c(NCCCn2ccnc2)ncnc1Nc1nc2ccccc2s1. The summed E-state index contributed by atoms with van der Waals surface area (Å²) < 4.78 is 2.93. The van der Waals surface area contributed by atoms with E-state index in [0.717, 1.165) is 23.2 Å². The summed E-state index contributed by atoms with van der Waals surface area (Å²) in [6, 6.07) is 7.65. The molecule has 0 bridgehead atoms. The molecule has 1 aromatic carbocycles. The van der Waals surface area contributed by atoms with Gasteiger partial charge in [-0.25, -0.2) is 19.9 Å². The Morgan fingerprint density at radius 3 is 2.86 bits per heavy atom. The van der Waals surface area contributed by atoms with E-state index >= 15 is 0 Å². The van der Waals surface area contributed by atoms with Crippen LogP contribution in [0, 0.1) is 10.1 Å². The van der Waals surface area contributed by atoms with Gasteiger partial charge in [-0.2, -0.15) is 0 Å². The van der Waals surface area contributed by atoms with E-state index in [1.54, 1.807) is 12.5 Å². The van der Waals surface area contributed by atoms with E-state index in [2.05, 4.69) is 30.6 Å². The fourth-order valence-corrected chi connectivity index (χ4v) is 3.55. The van der Waals surface area contributed by atoms with E-state index in [9.17, 15) is 10.1 Å². The monoisotopic (exact) mass is 396 g/mol. The Labute approximate surface area is 163 Å². The van der Waals surface area contributed by atoms with E-state index in [1.165, 1.54) is 17.7 Å². The number of aryl methyl sites for hydroxylation is 1. The van der Waals surface area contributed by atoms with E-state index < -0.39 is 4.92 Å². The van der Waals surface area contributed by atoms with Gasteiger partial charge in [-0.1, -0.05) is 23.5 Å². The van der Waals surface area contributed by atoms with Crippen molar-refractivity contribution in [2.75, 3.05) is 17.2 Å². The maximum atomic E-state index is 11.6. The van der Waals surface area contributed by atoms with Crippen LogP contribution in [0.3, 0.4) is 0 Å². The summed E-state index contributed by atoms with van der Waals surface area (Å²) in [4.78, 5) is 27.7. The Kier molecular flexibility index (Phi) is 5.06. The minimum Gasteiger partial charge on any atom is -0.364 e. The van der Waals surface area contributed by atoms with Crippen molar-refractivity contribution in [3.63, 3.8) is 0 Å². The standard InChI is InChI=1S/C17H16N8O2S/c26-25(27)14-15(19-6-3-8-24-9-7-18-11-24)20-10-21-16(14)23-17-22-12-4-1-2-5-13(12)28-17/h1-2,4-5,7,9-11H,3,6,8H2,(H2,19,20,21,22,23). The molecule has 142 valence electrons. The Bertz CT molecular complexity index is 1060. The fraction of sp³-hybridized carbons (Fsp3) is 0.176. The van der Waals surface area contributed by atoms with Crippen LogP contribution >= 0.6 is 11.3 Å². The average molecular weight is 396 g/mol. The summed E-state index contributed by atoms with van der Waals surface area (Å²) in [7, 11) is 0. The zero-order valence-corrected chi connectivity index (χ0v) is 15.5. The first-order valence-electron chi connectivity index (χ1n) is 8.52. The first-order chi connectivity index (χ1) is 13.7. The van der Waals surface area contributed by atoms with Crippen molar-refractivity contribution in [2.45, 2.75) is 13.0 Å². The van der Waals surface area contributed by atoms with Gasteiger partial charge in [0.25, 0.3) is 0 Å². The predicted molar refractivity (Wildman–Crippen MR) is 107 cm³/mol. The van der Waals surface area contributed by atoms with Crippen LogP contribution in [0.5, 0.6) is 0 Å². The summed E-state index contributed by atoms with van der Waals surface area (Å²) in [5.74, 6) is 0.283. The van der Waals surface area contributed by atoms with Gasteiger partial charge in [0, 0.05) is 25.5 Å². The zero-order valence-electron chi connectivity index (χ0n) is 14.6. The molecule has 0 unspecified atom stereocenters. The van der Waals surface area contributed by atoms with Gasteiger partial charge >= 0.3 is 5.69 Å². The zero-order chi connectivity index (χ0) is 19.3. The number of anilines is 3. The van der Waals surface area contributed by atoms with Crippen LogP contribution in [0.15, 0.2) is 49.3 Å². The predicted octanol–water partition coefficient (Wildman–Crippen LogP) is 3.44. The molecule has 4 aromatic rings. The molecule has 0 aliphatic heterocycles. The lowest BCUT2D eigenvalue weighted by Crippen LogP contribution is -2.10. The molecule has 4 rings (SSSR count). The van der Waals surface area contributed by atoms with Gasteiger partial charge in [0.2, 0.25) is 11.6 Å². The molecule has 0 saturated carbocycles. The molecule has 11 heteroatoms. The maximum absolute atomic E-state index is 11.6. The Morgan fingerprint density at radius 1 is 1.21 bits per heavy atom. The minimum atomic E-state index is -0.492. The molecule has 0 spiro atoms. The van der Waals surface area contributed by atoms with Crippen LogP contribution in [0.4, 0.5) is 22.5 Å². The van der Waals surface area contributed by atoms with Gasteiger partial charge in [0.05, 0.1) is 21.5 Å². The van der Waals surface area contributed by atoms with Crippen LogP contribution in [-0.4, -0.2) is 36.0 Å². The molecule has 0 saturated heterocycles. The van der Waals surface area contributed by atoms with E-state index in [0.29, 0.717) is 11.7 Å². The summed E-state index contributed by atoms with van der Waals surface area (Å²) in [6.07, 6.45) is 7.36. The third-order valence-corrected chi connectivity index (χ3v) is 4.92. The van der Waals surface area contributed by atoms with Crippen molar-refractivity contribution in [1.29, 1.82) is 0 Å². The number of imidazole rings is 1. The first kappa shape index (κ1) is 17.8. The van der Waals surface area contributed by atoms with Crippen LogP contribution in [-0.2, 0) is 6.54 Å². The second-order valence-corrected chi connectivity index (χ2v) is 6.90. The van der Waals surface area contributed by atoms with Crippen molar-refractivity contribution >= 4 is 44.0 Å². The summed E-state index contributed by atoms with van der Waals surface area (Å²) in [5.41, 5.74) is 0.619. The summed E-state index contributed by atoms with van der Waals surface area (Å²) in [6.45, 7) is 1.28. The lowest BCUT2D eigenvalue weighted by molar-refractivity contribution is -0.383. The molecule has 0 amide bonds. The van der Waals surface area contributed by atoms with Crippen molar-refractivity contribution in [2.24, 2.45) is 0 Å². The number of hydrogen-bond acceptors (Lipinski definition) is 9. The average Bonchev–Trinajstić information content (AvgIpc) is 3.34. The number of para-hydroxylation sites is 1. The number of hydrogen-bond donors (Lipinski definition) is 2. The first-order valence-corrected chi connectivity index (χ1v) is 9.34. The van der Waals surface area contributed by atoms with Crippen LogP contribution in [0.2, 0.25) is 0 Å². The topological polar surface area (TPSA) is 124 Å². The molecule has 28 heavy (non-hydrogen) atoms.